The van der Waals surface area contributed by atoms with Crippen LogP contribution in [0.25, 0.3) is 0 Å². The van der Waals surface area contributed by atoms with Crippen LogP contribution in [0.3, 0.4) is 0 Å². The monoisotopic (exact) mass is 360 g/mol. The minimum atomic E-state index is -4.21. The summed E-state index contributed by atoms with van der Waals surface area (Å²) in [4.78, 5) is 0. The fraction of sp³-hybridized carbons (Fsp3) is 0.625. The third-order valence-electron chi connectivity index (χ3n) is 3.33. The Balaban J connectivity index is 2.13. The lowest BCUT2D eigenvalue weighted by atomic mass is 10.1. The zero-order valence-corrected chi connectivity index (χ0v) is 15.1. The second-order valence-corrected chi connectivity index (χ2v) is 6.94. The van der Waals surface area contributed by atoms with Crippen molar-refractivity contribution in [3.63, 3.8) is 0 Å². The average molecular weight is 360 g/mol. The van der Waals surface area contributed by atoms with Crippen LogP contribution >= 0.6 is 0 Å². The van der Waals surface area contributed by atoms with E-state index in [-0.39, 0.29) is 19.3 Å². The molecule has 0 aliphatic heterocycles. The maximum atomic E-state index is 11.2. The van der Waals surface area contributed by atoms with Crippen LogP contribution in [0.15, 0.2) is 30.3 Å². The van der Waals surface area contributed by atoms with Crippen molar-refractivity contribution in [2.45, 2.75) is 31.8 Å². The molecule has 0 aromatic heterocycles. The maximum Gasteiger partial charge on any atom is 0.293 e. The summed E-state index contributed by atoms with van der Waals surface area (Å²) in [6.45, 7) is 5.72. The summed E-state index contributed by atoms with van der Waals surface area (Å²) in [5.74, 6) is 0. The first-order chi connectivity index (χ1) is 11.4. The molecule has 0 fully saturated rings. The second-order valence-electron chi connectivity index (χ2n) is 5.38. The number of hydrogen-bond donors (Lipinski definition) is 3. The molecule has 0 saturated heterocycles. The van der Waals surface area contributed by atoms with Crippen molar-refractivity contribution < 1.29 is 22.4 Å². The molecule has 0 radical (unpaired) electrons. The number of nitrogens with one attached hydrogen (secondary N) is 2. The Kier molecular flexibility index (Phi) is 10.1. The molecule has 1 rings (SSSR count). The third kappa shape index (κ3) is 8.72. The molecule has 0 spiro atoms. The molecule has 0 heterocycles. The third-order valence-corrected chi connectivity index (χ3v) is 4.30. The molecule has 0 aliphatic rings. The molecule has 0 amide bonds. The molecule has 1 aromatic carbocycles. The Morgan fingerprint density at radius 3 is 2.42 bits per heavy atom. The van der Waals surface area contributed by atoms with E-state index in [4.69, 9.17) is 14.0 Å². The fourth-order valence-electron chi connectivity index (χ4n) is 1.97. The van der Waals surface area contributed by atoms with Gasteiger partial charge < -0.3 is 14.8 Å². The van der Waals surface area contributed by atoms with E-state index in [1.807, 2.05) is 44.2 Å². The van der Waals surface area contributed by atoms with Crippen molar-refractivity contribution in [3.05, 3.63) is 35.9 Å². The van der Waals surface area contributed by atoms with Gasteiger partial charge in [-0.2, -0.15) is 8.42 Å². The number of benzene rings is 1. The van der Waals surface area contributed by atoms with E-state index in [1.165, 1.54) is 0 Å². The Labute approximate surface area is 144 Å². The van der Waals surface area contributed by atoms with E-state index in [9.17, 15) is 8.42 Å². The Morgan fingerprint density at radius 2 is 1.79 bits per heavy atom. The number of ether oxygens (including phenoxy) is 2. The van der Waals surface area contributed by atoms with Gasteiger partial charge in [0.05, 0.1) is 12.8 Å². The molecule has 2 unspecified atom stereocenters. The van der Waals surface area contributed by atoms with Gasteiger partial charge in [-0.05, 0) is 18.9 Å². The molecule has 0 saturated carbocycles. The van der Waals surface area contributed by atoms with E-state index < -0.39 is 15.6 Å². The van der Waals surface area contributed by atoms with E-state index in [1.54, 1.807) is 0 Å². The van der Waals surface area contributed by atoms with Crippen LogP contribution in [0.5, 0.6) is 0 Å². The first-order valence-corrected chi connectivity index (χ1v) is 9.61. The molecule has 3 N–H and O–H groups in total. The quantitative estimate of drug-likeness (QED) is 0.279. The van der Waals surface area contributed by atoms with Gasteiger partial charge >= 0.3 is 0 Å². The van der Waals surface area contributed by atoms with E-state index in [2.05, 4.69) is 10.6 Å². The molecule has 8 heteroatoms. The van der Waals surface area contributed by atoms with E-state index >= 15 is 0 Å². The predicted octanol–water partition coefficient (Wildman–Crippen LogP) is 1.54. The normalized spacial score (nSPS) is 14.5. The van der Waals surface area contributed by atoms with Crippen molar-refractivity contribution >= 4 is 10.1 Å². The first kappa shape index (κ1) is 21.0. The molecule has 2 atom stereocenters. The van der Waals surface area contributed by atoms with Crippen molar-refractivity contribution in [2.24, 2.45) is 0 Å². The van der Waals surface area contributed by atoms with Crippen LogP contribution in [0.1, 0.15) is 31.9 Å². The molecule has 24 heavy (non-hydrogen) atoms. The summed E-state index contributed by atoms with van der Waals surface area (Å²) >= 11 is 0. The van der Waals surface area contributed by atoms with Gasteiger partial charge in [0, 0.05) is 26.2 Å². The summed E-state index contributed by atoms with van der Waals surface area (Å²) < 4.78 is 42.2. The summed E-state index contributed by atoms with van der Waals surface area (Å²) in [6, 6.07) is 9.93. The Morgan fingerprint density at radius 1 is 1.12 bits per heavy atom. The summed E-state index contributed by atoms with van der Waals surface area (Å²) in [5, 5.41) is 6.04. The van der Waals surface area contributed by atoms with Crippen LogP contribution in [0.2, 0.25) is 0 Å². The lowest BCUT2D eigenvalue weighted by molar-refractivity contribution is 0.0521. The number of rotatable bonds is 13. The van der Waals surface area contributed by atoms with Crippen LogP contribution in [-0.4, -0.2) is 51.4 Å². The topological polar surface area (TPSA) is 96.9 Å². The largest absolute Gasteiger partial charge is 0.359 e. The van der Waals surface area contributed by atoms with Crippen LogP contribution < -0.4 is 10.6 Å². The molecule has 0 bridgehead atoms. The van der Waals surface area contributed by atoms with Gasteiger partial charge in [-0.3, -0.25) is 9.87 Å². The van der Waals surface area contributed by atoms with Gasteiger partial charge in [-0.1, -0.05) is 37.3 Å². The standard InChI is InChI=1S/C16H28N2O5S/c1-3-11-22-16(24(19,20)21)12-17-9-10-18-13-23-14(2)15-7-5-4-6-8-15/h4-8,14,16-18H,3,9-13H2,1-2H3,(H,19,20,21). The highest BCUT2D eigenvalue weighted by Gasteiger charge is 2.22. The summed E-state index contributed by atoms with van der Waals surface area (Å²) in [6.07, 6.45) is 0.683. The molecule has 0 aliphatic carbocycles. The van der Waals surface area contributed by atoms with Crippen LogP contribution in [0, 0.1) is 0 Å². The van der Waals surface area contributed by atoms with Crippen molar-refractivity contribution in [1.29, 1.82) is 0 Å². The molecular weight excluding hydrogens is 332 g/mol. The van der Waals surface area contributed by atoms with Crippen LogP contribution in [0.4, 0.5) is 0 Å². The fourth-order valence-corrected chi connectivity index (χ4v) is 2.57. The summed E-state index contributed by atoms with van der Waals surface area (Å²) in [5.41, 5.74) is -0.117. The first-order valence-electron chi connectivity index (χ1n) is 8.11. The smallest absolute Gasteiger partial charge is 0.293 e. The van der Waals surface area contributed by atoms with Gasteiger partial charge in [0.25, 0.3) is 10.1 Å². The predicted molar refractivity (Wildman–Crippen MR) is 93.3 cm³/mol. The van der Waals surface area contributed by atoms with Crippen molar-refractivity contribution in [3.8, 4) is 0 Å². The van der Waals surface area contributed by atoms with Crippen molar-refractivity contribution in [1.82, 2.24) is 10.6 Å². The average Bonchev–Trinajstić information content (AvgIpc) is 2.56. The molecule has 7 nitrogen and oxygen atoms in total. The lowest BCUT2D eigenvalue weighted by Gasteiger charge is -2.16. The zero-order valence-electron chi connectivity index (χ0n) is 14.3. The zero-order chi connectivity index (χ0) is 17.8. The minimum absolute atomic E-state index is 0.00184. The lowest BCUT2D eigenvalue weighted by Crippen LogP contribution is -2.38. The minimum Gasteiger partial charge on any atom is -0.359 e. The highest BCUT2D eigenvalue weighted by molar-refractivity contribution is 7.86. The Hall–Kier alpha value is -1.03. The molecule has 1 aromatic rings. The highest BCUT2D eigenvalue weighted by atomic mass is 32.2. The molecular formula is C16H28N2O5S. The summed E-state index contributed by atoms with van der Waals surface area (Å²) in [7, 11) is -4.21. The van der Waals surface area contributed by atoms with Gasteiger partial charge in [0.1, 0.15) is 0 Å². The highest BCUT2D eigenvalue weighted by Crippen LogP contribution is 2.14. The van der Waals surface area contributed by atoms with Crippen molar-refractivity contribution in [2.75, 3.05) is 33.0 Å². The van der Waals surface area contributed by atoms with Gasteiger partial charge in [0.2, 0.25) is 0 Å². The van der Waals surface area contributed by atoms with Gasteiger partial charge in [0.15, 0.2) is 5.44 Å². The maximum absolute atomic E-state index is 11.2. The van der Waals surface area contributed by atoms with E-state index in [0.29, 0.717) is 26.2 Å². The van der Waals surface area contributed by atoms with Gasteiger partial charge in [-0.15, -0.1) is 0 Å². The van der Waals surface area contributed by atoms with E-state index in [0.717, 1.165) is 5.56 Å². The molecule has 138 valence electrons. The second kappa shape index (κ2) is 11.5. The van der Waals surface area contributed by atoms with Crippen LogP contribution in [-0.2, 0) is 19.6 Å². The Bertz CT molecular complexity index is 539. The van der Waals surface area contributed by atoms with Gasteiger partial charge in [-0.25, -0.2) is 0 Å². The SMILES string of the molecule is CCCOC(CNCCNCOC(C)c1ccccc1)S(=O)(=O)O. The number of hydrogen-bond acceptors (Lipinski definition) is 6.